The molecule has 0 bridgehead atoms. The molecule has 0 saturated heterocycles. The van der Waals surface area contributed by atoms with Crippen LogP contribution in [-0.4, -0.2) is 24.9 Å². The highest BCUT2D eigenvalue weighted by Gasteiger charge is 2.12. The number of hydrogen-bond donors (Lipinski definition) is 0. The third-order valence-electron chi connectivity index (χ3n) is 3.31. The highest BCUT2D eigenvalue weighted by atomic mass is 32.2. The van der Waals surface area contributed by atoms with Gasteiger partial charge in [0.25, 0.3) is 5.89 Å². The van der Waals surface area contributed by atoms with Gasteiger partial charge >= 0.3 is 0 Å². The van der Waals surface area contributed by atoms with Crippen LogP contribution >= 0.6 is 11.8 Å². The number of thioether (sulfide) groups is 1. The van der Waals surface area contributed by atoms with Gasteiger partial charge in [-0.25, -0.2) is 0 Å². The fourth-order valence-electron chi connectivity index (χ4n) is 2.06. The van der Waals surface area contributed by atoms with Gasteiger partial charge in [-0.1, -0.05) is 40.7 Å². The summed E-state index contributed by atoms with van der Waals surface area (Å²) in [5, 5.41) is 13.1. The first-order chi connectivity index (χ1) is 11.2. The molecular weight excluding hydrogens is 310 g/mol. The Morgan fingerprint density at radius 3 is 2.74 bits per heavy atom. The summed E-state index contributed by atoms with van der Waals surface area (Å²) in [6.07, 6.45) is 1.82. The summed E-state index contributed by atoms with van der Waals surface area (Å²) in [4.78, 5) is 4.43. The minimum absolute atomic E-state index is 0.532. The normalized spacial score (nSPS) is 10.9. The fourth-order valence-corrected chi connectivity index (χ4v) is 2.90. The monoisotopic (exact) mass is 327 g/mol. The van der Waals surface area contributed by atoms with Crippen molar-refractivity contribution < 1.29 is 4.52 Å². The molecule has 0 fully saturated rings. The molecule has 0 aliphatic heterocycles. The van der Waals surface area contributed by atoms with E-state index in [0.29, 0.717) is 24.0 Å². The van der Waals surface area contributed by atoms with Crippen molar-refractivity contribution in [2.75, 3.05) is 0 Å². The van der Waals surface area contributed by atoms with Crippen LogP contribution in [0.1, 0.15) is 17.2 Å². The van der Waals surface area contributed by atoms with E-state index in [2.05, 4.69) is 26.9 Å². The van der Waals surface area contributed by atoms with Gasteiger partial charge < -0.3 is 9.09 Å². The van der Waals surface area contributed by atoms with Crippen LogP contribution in [-0.2, 0) is 12.3 Å². The Balaban J connectivity index is 1.70. The topological polar surface area (TPSA) is 69.6 Å². The van der Waals surface area contributed by atoms with E-state index in [1.807, 2.05) is 48.8 Å². The zero-order valence-corrected chi connectivity index (χ0v) is 13.9. The van der Waals surface area contributed by atoms with Crippen LogP contribution in [0.25, 0.3) is 11.5 Å². The molecule has 0 aliphatic carbocycles. The van der Waals surface area contributed by atoms with Crippen molar-refractivity contribution in [3.8, 4) is 11.5 Å². The van der Waals surface area contributed by atoms with Crippen LogP contribution in [0.4, 0.5) is 0 Å². The third-order valence-corrected chi connectivity index (χ3v) is 4.27. The highest BCUT2D eigenvalue weighted by molar-refractivity contribution is 7.98. The van der Waals surface area contributed by atoms with Crippen LogP contribution < -0.4 is 0 Å². The zero-order chi connectivity index (χ0) is 16.2. The standard InChI is InChI=1S/C16H17N5OS/c1-4-9-21-12(3)18-19-16(21)23-10-14-17-15(22-20-14)13-7-5-11(2)6-8-13/h4-8H,1,9-10H2,2-3H3. The number of aromatic nitrogens is 5. The molecule has 1 aromatic carbocycles. The second-order valence-corrected chi connectivity index (χ2v) is 6.04. The lowest BCUT2D eigenvalue weighted by molar-refractivity contribution is 0.425. The van der Waals surface area contributed by atoms with E-state index >= 15 is 0 Å². The van der Waals surface area contributed by atoms with Crippen LogP contribution in [0.15, 0.2) is 46.6 Å². The van der Waals surface area contributed by atoms with Gasteiger partial charge in [0.1, 0.15) is 5.82 Å². The lowest BCUT2D eigenvalue weighted by Crippen LogP contribution is -2.00. The van der Waals surface area contributed by atoms with E-state index in [0.717, 1.165) is 16.5 Å². The van der Waals surface area contributed by atoms with Crippen LogP contribution in [0, 0.1) is 13.8 Å². The molecule has 0 spiro atoms. The van der Waals surface area contributed by atoms with E-state index in [4.69, 9.17) is 4.52 Å². The minimum Gasteiger partial charge on any atom is -0.334 e. The van der Waals surface area contributed by atoms with E-state index in [-0.39, 0.29) is 0 Å². The van der Waals surface area contributed by atoms with E-state index in [1.54, 1.807) is 0 Å². The smallest absolute Gasteiger partial charge is 0.257 e. The molecule has 3 rings (SSSR count). The number of rotatable bonds is 6. The Hall–Kier alpha value is -2.41. The Morgan fingerprint density at radius 2 is 2.00 bits per heavy atom. The van der Waals surface area contributed by atoms with Crippen molar-refractivity contribution in [3.05, 3.63) is 54.1 Å². The first kappa shape index (κ1) is 15.5. The van der Waals surface area contributed by atoms with Crippen LogP contribution in [0.2, 0.25) is 0 Å². The second kappa shape index (κ2) is 6.78. The molecule has 0 radical (unpaired) electrons. The van der Waals surface area contributed by atoms with Crippen molar-refractivity contribution >= 4 is 11.8 Å². The lowest BCUT2D eigenvalue weighted by Gasteiger charge is -2.03. The Bertz CT molecular complexity index is 806. The number of benzene rings is 1. The molecule has 0 amide bonds. The Morgan fingerprint density at radius 1 is 1.22 bits per heavy atom. The van der Waals surface area contributed by atoms with Gasteiger partial charge in [0.2, 0.25) is 0 Å². The van der Waals surface area contributed by atoms with E-state index in [1.165, 1.54) is 17.3 Å². The molecule has 0 saturated carbocycles. The summed E-state index contributed by atoms with van der Waals surface area (Å²) < 4.78 is 7.33. The van der Waals surface area contributed by atoms with Gasteiger partial charge in [-0.15, -0.1) is 16.8 Å². The summed E-state index contributed by atoms with van der Waals surface area (Å²) in [6, 6.07) is 8.00. The summed E-state index contributed by atoms with van der Waals surface area (Å²) in [5.74, 6) is 2.60. The summed E-state index contributed by atoms with van der Waals surface area (Å²) in [7, 11) is 0. The largest absolute Gasteiger partial charge is 0.334 e. The molecule has 2 heterocycles. The SMILES string of the molecule is C=CCn1c(C)nnc1SCc1noc(-c2ccc(C)cc2)n1. The predicted octanol–water partition coefficient (Wildman–Crippen LogP) is 3.42. The fraction of sp³-hybridized carbons (Fsp3) is 0.250. The van der Waals surface area contributed by atoms with Gasteiger partial charge in [0.15, 0.2) is 11.0 Å². The summed E-state index contributed by atoms with van der Waals surface area (Å²) >= 11 is 1.53. The summed E-state index contributed by atoms with van der Waals surface area (Å²) in [6.45, 7) is 8.40. The molecule has 7 heteroatoms. The van der Waals surface area contributed by atoms with Crippen molar-refractivity contribution in [1.29, 1.82) is 0 Å². The highest BCUT2D eigenvalue weighted by Crippen LogP contribution is 2.23. The molecule has 2 aromatic heterocycles. The Kier molecular flexibility index (Phi) is 4.57. The number of nitrogens with zero attached hydrogens (tertiary/aromatic N) is 5. The molecule has 0 N–H and O–H groups in total. The van der Waals surface area contributed by atoms with Crippen molar-refractivity contribution in [3.63, 3.8) is 0 Å². The quantitative estimate of drug-likeness (QED) is 0.510. The van der Waals surface area contributed by atoms with Gasteiger partial charge in [-0.3, -0.25) is 0 Å². The molecule has 0 aliphatic rings. The molecule has 0 unspecified atom stereocenters. The Labute approximate surface area is 138 Å². The minimum atomic E-state index is 0.532. The molecule has 3 aromatic rings. The van der Waals surface area contributed by atoms with Gasteiger partial charge in [-0.2, -0.15) is 4.98 Å². The lowest BCUT2D eigenvalue weighted by atomic mass is 10.1. The third kappa shape index (κ3) is 3.50. The average Bonchev–Trinajstić information content (AvgIpc) is 3.15. The molecular formula is C16H17N5OS. The first-order valence-electron chi connectivity index (χ1n) is 7.20. The maximum atomic E-state index is 5.33. The zero-order valence-electron chi connectivity index (χ0n) is 13.1. The van der Waals surface area contributed by atoms with Crippen molar-refractivity contribution in [1.82, 2.24) is 24.9 Å². The van der Waals surface area contributed by atoms with Crippen LogP contribution in [0.3, 0.4) is 0 Å². The van der Waals surface area contributed by atoms with Crippen LogP contribution in [0.5, 0.6) is 0 Å². The van der Waals surface area contributed by atoms with E-state index < -0.39 is 0 Å². The maximum Gasteiger partial charge on any atom is 0.257 e. The summed E-state index contributed by atoms with van der Waals surface area (Å²) in [5.41, 5.74) is 2.12. The second-order valence-electron chi connectivity index (χ2n) is 5.10. The number of allylic oxidation sites excluding steroid dienone is 1. The van der Waals surface area contributed by atoms with Gasteiger partial charge in [-0.05, 0) is 26.0 Å². The molecule has 0 atom stereocenters. The molecule has 23 heavy (non-hydrogen) atoms. The maximum absolute atomic E-state index is 5.33. The van der Waals surface area contributed by atoms with E-state index in [9.17, 15) is 0 Å². The van der Waals surface area contributed by atoms with Crippen molar-refractivity contribution in [2.45, 2.75) is 31.3 Å². The molecule has 6 nitrogen and oxygen atoms in total. The van der Waals surface area contributed by atoms with Gasteiger partial charge in [0.05, 0.1) is 5.75 Å². The predicted molar refractivity (Wildman–Crippen MR) is 89.0 cm³/mol. The first-order valence-corrected chi connectivity index (χ1v) is 8.19. The molecule has 118 valence electrons. The number of hydrogen-bond acceptors (Lipinski definition) is 6. The van der Waals surface area contributed by atoms with Gasteiger partial charge in [0, 0.05) is 12.1 Å². The average molecular weight is 327 g/mol. The number of aryl methyl sites for hydroxylation is 2. The van der Waals surface area contributed by atoms with Crippen molar-refractivity contribution in [2.24, 2.45) is 0 Å².